The van der Waals surface area contributed by atoms with Gasteiger partial charge in [-0.05, 0) is 28.8 Å². The molecule has 0 bridgehead atoms. The lowest BCUT2D eigenvalue weighted by Crippen LogP contribution is -2.73. The molecule has 2 saturated heterocycles. The summed E-state index contributed by atoms with van der Waals surface area (Å²) >= 11 is 0. The number of aliphatic hydroxyl groups is 1. The monoisotopic (exact) mass is 351 g/mol. The Bertz CT molecular complexity index is 822. The van der Waals surface area contributed by atoms with E-state index in [1.54, 1.807) is 22.2 Å². The average molecular weight is 351 g/mol. The Kier molecular flexibility index (Phi) is 4.20. The van der Waals surface area contributed by atoms with Crippen LogP contribution in [0.25, 0.3) is 11.1 Å². The van der Waals surface area contributed by atoms with Crippen molar-refractivity contribution in [2.24, 2.45) is 0 Å². The zero-order chi connectivity index (χ0) is 18.3. The summed E-state index contributed by atoms with van der Waals surface area (Å²) < 4.78 is 0. The number of aromatic nitrogens is 1. The predicted molar refractivity (Wildman–Crippen MR) is 96.2 cm³/mol. The normalized spacial score (nSPS) is 24.8. The Balaban J connectivity index is 1.60. The number of pyridine rings is 1. The van der Waals surface area contributed by atoms with Crippen LogP contribution in [-0.2, 0) is 9.59 Å². The number of aliphatic hydroxyl groups excluding tert-OH is 1. The van der Waals surface area contributed by atoms with E-state index in [1.807, 2.05) is 12.1 Å². The number of piperazine rings is 1. The second-order valence-electron chi connectivity index (χ2n) is 6.90. The fourth-order valence-corrected chi connectivity index (χ4v) is 4.18. The number of amides is 2. The van der Waals surface area contributed by atoms with Gasteiger partial charge in [0.2, 0.25) is 11.8 Å². The SMILES string of the molecule is CC(=O)N1CC(=O)N2[C@@H](CO)[C@H](c3ccc(-c4ccncc4)cc3)[C@@H]2C1. The predicted octanol–water partition coefficient (Wildman–Crippen LogP) is 1.27. The maximum atomic E-state index is 12.4. The Morgan fingerprint density at radius 2 is 1.81 bits per heavy atom. The zero-order valence-electron chi connectivity index (χ0n) is 14.6. The topological polar surface area (TPSA) is 73.7 Å². The molecule has 1 aromatic carbocycles. The molecule has 2 fully saturated rings. The Morgan fingerprint density at radius 3 is 2.42 bits per heavy atom. The van der Waals surface area contributed by atoms with Crippen molar-refractivity contribution in [3.8, 4) is 11.1 Å². The van der Waals surface area contributed by atoms with Crippen LogP contribution in [0.2, 0.25) is 0 Å². The third-order valence-corrected chi connectivity index (χ3v) is 5.51. The van der Waals surface area contributed by atoms with Gasteiger partial charge in [-0.3, -0.25) is 14.6 Å². The Labute approximate surface area is 152 Å². The second kappa shape index (κ2) is 6.53. The van der Waals surface area contributed by atoms with Crippen molar-refractivity contribution in [1.29, 1.82) is 0 Å². The van der Waals surface area contributed by atoms with Gasteiger partial charge in [0, 0.05) is 31.8 Å². The van der Waals surface area contributed by atoms with Crippen molar-refractivity contribution in [3.05, 3.63) is 54.4 Å². The minimum absolute atomic E-state index is 0.0394. The van der Waals surface area contributed by atoms with Crippen LogP contribution in [-0.4, -0.2) is 63.5 Å². The molecule has 0 unspecified atom stereocenters. The van der Waals surface area contributed by atoms with Gasteiger partial charge in [0.05, 0.1) is 25.2 Å². The van der Waals surface area contributed by atoms with E-state index in [0.717, 1.165) is 16.7 Å². The molecule has 3 atom stereocenters. The van der Waals surface area contributed by atoms with Crippen molar-refractivity contribution >= 4 is 11.8 Å². The first kappa shape index (κ1) is 16.7. The average Bonchev–Trinajstić information content (AvgIpc) is 2.64. The summed E-state index contributed by atoms with van der Waals surface area (Å²) in [5.74, 6) is -0.130. The van der Waals surface area contributed by atoms with E-state index in [9.17, 15) is 14.7 Å². The van der Waals surface area contributed by atoms with Gasteiger partial charge in [-0.25, -0.2) is 0 Å². The molecule has 134 valence electrons. The summed E-state index contributed by atoms with van der Waals surface area (Å²) in [5, 5.41) is 9.80. The largest absolute Gasteiger partial charge is 0.394 e. The van der Waals surface area contributed by atoms with Crippen molar-refractivity contribution in [3.63, 3.8) is 0 Å². The quantitative estimate of drug-likeness (QED) is 0.904. The number of hydrogen-bond donors (Lipinski definition) is 1. The molecule has 2 aliphatic heterocycles. The number of rotatable bonds is 3. The summed E-state index contributed by atoms with van der Waals surface area (Å²) in [6, 6.07) is 11.8. The lowest BCUT2D eigenvalue weighted by molar-refractivity contribution is -0.166. The van der Waals surface area contributed by atoms with Crippen LogP contribution in [0.4, 0.5) is 0 Å². The molecule has 2 aromatic rings. The molecule has 0 spiro atoms. The number of carbonyl (C=O) groups excluding carboxylic acids is 2. The molecule has 1 N–H and O–H groups in total. The molecular weight excluding hydrogens is 330 g/mol. The molecule has 4 rings (SSSR count). The van der Waals surface area contributed by atoms with Crippen LogP contribution in [0.5, 0.6) is 0 Å². The molecule has 6 nitrogen and oxygen atoms in total. The van der Waals surface area contributed by atoms with Gasteiger partial charge >= 0.3 is 0 Å². The first-order valence-electron chi connectivity index (χ1n) is 8.78. The van der Waals surface area contributed by atoms with E-state index in [-0.39, 0.29) is 43.0 Å². The summed E-state index contributed by atoms with van der Waals surface area (Å²) in [7, 11) is 0. The highest BCUT2D eigenvalue weighted by molar-refractivity contribution is 5.87. The second-order valence-corrected chi connectivity index (χ2v) is 6.90. The van der Waals surface area contributed by atoms with Crippen molar-refractivity contribution in [2.45, 2.75) is 24.9 Å². The Hall–Kier alpha value is -2.73. The third-order valence-electron chi connectivity index (χ3n) is 5.51. The van der Waals surface area contributed by atoms with Gasteiger partial charge in [0.1, 0.15) is 0 Å². The van der Waals surface area contributed by atoms with Crippen molar-refractivity contribution in [2.75, 3.05) is 19.7 Å². The first-order chi connectivity index (χ1) is 12.6. The highest BCUT2D eigenvalue weighted by Crippen LogP contribution is 2.43. The number of fused-ring (bicyclic) bond motifs is 1. The number of nitrogens with zero attached hydrogens (tertiary/aromatic N) is 3. The number of hydrogen-bond acceptors (Lipinski definition) is 4. The summed E-state index contributed by atoms with van der Waals surface area (Å²) in [4.78, 5) is 31.5. The molecule has 3 heterocycles. The lowest BCUT2D eigenvalue weighted by atomic mass is 9.73. The summed E-state index contributed by atoms with van der Waals surface area (Å²) in [6.07, 6.45) is 3.53. The van der Waals surface area contributed by atoms with Gasteiger partial charge in [-0.2, -0.15) is 0 Å². The van der Waals surface area contributed by atoms with Crippen molar-refractivity contribution in [1.82, 2.24) is 14.8 Å². The van der Waals surface area contributed by atoms with Gasteiger partial charge in [0.25, 0.3) is 0 Å². The molecule has 26 heavy (non-hydrogen) atoms. The molecule has 2 amide bonds. The van der Waals surface area contributed by atoms with Crippen molar-refractivity contribution < 1.29 is 14.7 Å². The van der Waals surface area contributed by atoms with Crippen LogP contribution in [0.15, 0.2) is 48.8 Å². The van der Waals surface area contributed by atoms with Gasteiger partial charge in [-0.15, -0.1) is 0 Å². The molecule has 1 aromatic heterocycles. The van der Waals surface area contributed by atoms with Gasteiger partial charge in [-0.1, -0.05) is 24.3 Å². The fraction of sp³-hybridized carbons (Fsp3) is 0.350. The van der Waals surface area contributed by atoms with E-state index in [1.165, 1.54) is 6.92 Å². The lowest BCUT2D eigenvalue weighted by Gasteiger charge is -2.58. The van der Waals surface area contributed by atoms with Crippen LogP contribution < -0.4 is 0 Å². The summed E-state index contributed by atoms with van der Waals surface area (Å²) in [5.41, 5.74) is 3.27. The van der Waals surface area contributed by atoms with E-state index in [0.29, 0.717) is 6.54 Å². The van der Waals surface area contributed by atoms with Gasteiger partial charge < -0.3 is 14.9 Å². The van der Waals surface area contributed by atoms with Crippen LogP contribution in [0.3, 0.4) is 0 Å². The summed E-state index contributed by atoms with van der Waals surface area (Å²) in [6.45, 7) is 2.05. The number of benzene rings is 1. The Morgan fingerprint density at radius 1 is 1.15 bits per heavy atom. The smallest absolute Gasteiger partial charge is 0.242 e. The fourth-order valence-electron chi connectivity index (χ4n) is 4.18. The third kappa shape index (κ3) is 2.66. The molecule has 6 heteroatoms. The van der Waals surface area contributed by atoms with Crippen LogP contribution in [0.1, 0.15) is 18.4 Å². The highest BCUT2D eigenvalue weighted by atomic mass is 16.3. The minimum Gasteiger partial charge on any atom is -0.394 e. The minimum atomic E-state index is -0.214. The van der Waals surface area contributed by atoms with E-state index in [2.05, 4.69) is 29.2 Å². The molecule has 2 aliphatic rings. The standard InChI is InChI=1S/C20H21N3O3/c1-13(25)22-10-17-20(18(12-24)23(17)19(26)11-22)16-4-2-14(3-5-16)15-6-8-21-9-7-15/h2-9,17-18,20,24H,10-12H2,1H3/t17-,18-,20+/m0/s1. The highest BCUT2D eigenvalue weighted by Gasteiger charge is 2.54. The first-order valence-corrected chi connectivity index (χ1v) is 8.78. The van der Waals surface area contributed by atoms with E-state index in [4.69, 9.17) is 0 Å². The van der Waals surface area contributed by atoms with Crippen LogP contribution >= 0.6 is 0 Å². The van der Waals surface area contributed by atoms with Crippen LogP contribution in [0, 0.1) is 0 Å². The maximum Gasteiger partial charge on any atom is 0.242 e. The molecule has 0 aliphatic carbocycles. The molecule has 0 radical (unpaired) electrons. The van der Waals surface area contributed by atoms with E-state index >= 15 is 0 Å². The van der Waals surface area contributed by atoms with E-state index < -0.39 is 0 Å². The maximum absolute atomic E-state index is 12.4. The number of carbonyl (C=O) groups is 2. The van der Waals surface area contributed by atoms with Gasteiger partial charge in [0.15, 0.2) is 0 Å². The molecular formula is C20H21N3O3. The molecule has 0 saturated carbocycles. The zero-order valence-corrected chi connectivity index (χ0v) is 14.6.